The maximum Gasteiger partial charge on any atom is 0.408 e. The molecule has 8 heteroatoms. The Kier molecular flexibility index (Phi) is 11.9. The van der Waals surface area contributed by atoms with Crippen molar-refractivity contribution in [3.05, 3.63) is 35.4 Å². The largest absolute Gasteiger partial charge is 0.469 e. The SMILES string of the molecule is COC(=O)CC[C@H](NC(=O)O[C@H](C)CCC(=O)CCCc1ccc(C)cc1)C(=O)OC. The predicted octanol–water partition coefficient (Wildman–Crippen LogP) is 3.28. The second kappa shape index (κ2) is 14.2. The lowest BCUT2D eigenvalue weighted by atomic mass is 10.0. The van der Waals surface area contributed by atoms with E-state index in [1.165, 1.54) is 25.3 Å². The molecule has 172 valence electrons. The van der Waals surface area contributed by atoms with Crippen LogP contribution in [0.5, 0.6) is 0 Å². The molecular formula is C23H33NO7. The molecule has 2 atom stereocenters. The van der Waals surface area contributed by atoms with Gasteiger partial charge in [-0.25, -0.2) is 9.59 Å². The number of carbonyl (C=O) groups excluding carboxylic acids is 4. The summed E-state index contributed by atoms with van der Waals surface area (Å²) in [5, 5.41) is 2.39. The number of hydrogen-bond acceptors (Lipinski definition) is 7. The molecule has 0 aliphatic heterocycles. The molecule has 0 aliphatic rings. The highest BCUT2D eigenvalue weighted by Gasteiger charge is 2.24. The second-order valence-corrected chi connectivity index (χ2v) is 7.47. The molecular weight excluding hydrogens is 402 g/mol. The summed E-state index contributed by atoms with van der Waals surface area (Å²) in [6.45, 7) is 3.72. The Morgan fingerprint density at radius 1 is 0.935 bits per heavy atom. The summed E-state index contributed by atoms with van der Waals surface area (Å²) in [4.78, 5) is 47.2. The van der Waals surface area contributed by atoms with Crippen molar-refractivity contribution < 1.29 is 33.4 Å². The van der Waals surface area contributed by atoms with Crippen molar-refractivity contribution in [1.29, 1.82) is 0 Å². The molecule has 0 saturated carbocycles. The normalized spacial score (nSPS) is 12.4. The van der Waals surface area contributed by atoms with Gasteiger partial charge in [-0.2, -0.15) is 0 Å². The molecule has 0 bridgehead atoms. The van der Waals surface area contributed by atoms with E-state index in [0.717, 1.165) is 12.8 Å². The van der Waals surface area contributed by atoms with Crippen molar-refractivity contribution >= 4 is 23.8 Å². The number of hydrogen-bond donors (Lipinski definition) is 1. The fraction of sp³-hybridized carbons (Fsp3) is 0.565. The minimum Gasteiger partial charge on any atom is -0.469 e. The van der Waals surface area contributed by atoms with Crippen molar-refractivity contribution in [2.24, 2.45) is 0 Å². The van der Waals surface area contributed by atoms with Crippen LogP contribution in [-0.4, -0.2) is 50.2 Å². The zero-order valence-corrected chi connectivity index (χ0v) is 18.8. The summed E-state index contributed by atoms with van der Waals surface area (Å²) in [6, 6.07) is 7.23. The van der Waals surface area contributed by atoms with Gasteiger partial charge in [-0.05, 0) is 45.1 Å². The molecule has 0 aliphatic carbocycles. The molecule has 0 fully saturated rings. The number of ether oxygens (including phenoxy) is 3. The quantitative estimate of drug-likeness (QED) is 0.374. The number of esters is 2. The number of aryl methyl sites for hydroxylation is 2. The van der Waals surface area contributed by atoms with Gasteiger partial charge in [0.2, 0.25) is 0 Å². The smallest absolute Gasteiger partial charge is 0.408 e. The number of alkyl carbamates (subject to hydrolysis) is 1. The van der Waals surface area contributed by atoms with Crippen LogP contribution < -0.4 is 5.32 Å². The van der Waals surface area contributed by atoms with E-state index < -0.39 is 30.2 Å². The van der Waals surface area contributed by atoms with Crippen LogP contribution in [0.3, 0.4) is 0 Å². The number of amides is 1. The van der Waals surface area contributed by atoms with Gasteiger partial charge in [0.25, 0.3) is 0 Å². The molecule has 0 aromatic heterocycles. The van der Waals surface area contributed by atoms with E-state index in [9.17, 15) is 19.2 Å². The third-order valence-corrected chi connectivity index (χ3v) is 4.82. The monoisotopic (exact) mass is 435 g/mol. The van der Waals surface area contributed by atoms with Gasteiger partial charge in [0.15, 0.2) is 0 Å². The number of methoxy groups -OCH3 is 2. The van der Waals surface area contributed by atoms with Crippen LogP contribution in [0, 0.1) is 6.92 Å². The van der Waals surface area contributed by atoms with Gasteiger partial charge in [0.05, 0.1) is 14.2 Å². The average molecular weight is 436 g/mol. The average Bonchev–Trinajstić information content (AvgIpc) is 2.75. The van der Waals surface area contributed by atoms with Crippen LogP contribution in [-0.2, 0) is 35.0 Å². The van der Waals surface area contributed by atoms with E-state index in [1.54, 1.807) is 6.92 Å². The lowest BCUT2D eigenvalue weighted by molar-refractivity contribution is -0.144. The van der Waals surface area contributed by atoms with E-state index in [-0.39, 0.29) is 18.6 Å². The molecule has 8 nitrogen and oxygen atoms in total. The summed E-state index contributed by atoms with van der Waals surface area (Å²) in [5.41, 5.74) is 2.42. The van der Waals surface area contributed by atoms with Crippen molar-refractivity contribution in [2.75, 3.05) is 14.2 Å². The molecule has 1 aromatic carbocycles. The van der Waals surface area contributed by atoms with Crippen LogP contribution in [0.15, 0.2) is 24.3 Å². The van der Waals surface area contributed by atoms with Gasteiger partial charge in [0.1, 0.15) is 17.9 Å². The molecule has 0 radical (unpaired) electrons. The Balaban J connectivity index is 2.32. The Morgan fingerprint density at radius 2 is 1.61 bits per heavy atom. The van der Waals surface area contributed by atoms with Crippen molar-refractivity contribution in [1.82, 2.24) is 5.32 Å². The first-order chi connectivity index (χ1) is 14.7. The van der Waals surface area contributed by atoms with Gasteiger partial charge in [0, 0.05) is 19.3 Å². The van der Waals surface area contributed by atoms with Gasteiger partial charge in [-0.15, -0.1) is 0 Å². The third kappa shape index (κ3) is 11.2. The first kappa shape index (κ1) is 26.1. The lowest BCUT2D eigenvalue weighted by Crippen LogP contribution is -2.43. The number of Topliss-reactive ketones (excluding diaryl/α,β-unsaturated/α-hetero) is 1. The fourth-order valence-electron chi connectivity index (χ4n) is 2.91. The van der Waals surface area contributed by atoms with Crippen LogP contribution in [0.25, 0.3) is 0 Å². The Hall–Kier alpha value is -2.90. The van der Waals surface area contributed by atoms with Gasteiger partial charge in [-0.3, -0.25) is 9.59 Å². The molecule has 1 N–H and O–H groups in total. The van der Waals surface area contributed by atoms with E-state index in [2.05, 4.69) is 39.1 Å². The number of benzene rings is 1. The Morgan fingerprint density at radius 3 is 2.23 bits per heavy atom. The molecule has 31 heavy (non-hydrogen) atoms. The maximum atomic E-state index is 12.1. The van der Waals surface area contributed by atoms with Gasteiger partial charge < -0.3 is 19.5 Å². The number of ketones is 1. The number of carbonyl (C=O) groups is 4. The molecule has 0 unspecified atom stereocenters. The van der Waals surface area contributed by atoms with E-state index >= 15 is 0 Å². The minimum atomic E-state index is -1.02. The summed E-state index contributed by atoms with van der Waals surface area (Å²) in [5.74, 6) is -1.07. The fourth-order valence-corrected chi connectivity index (χ4v) is 2.91. The first-order valence-corrected chi connectivity index (χ1v) is 10.4. The zero-order chi connectivity index (χ0) is 23.2. The highest BCUT2D eigenvalue weighted by atomic mass is 16.6. The van der Waals surface area contributed by atoms with Crippen LogP contribution in [0.4, 0.5) is 4.79 Å². The van der Waals surface area contributed by atoms with Gasteiger partial charge in [-0.1, -0.05) is 29.8 Å². The van der Waals surface area contributed by atoms with Crippen molar-refractivity contribution in [2.45, 2.75) is 70.9 Å². The summed E-state index contributed by atoms with van der Waals surface area (Å²) < 4.78 is 14.4. The lowest BCUT2D eigenvalue weighted by Gasteiger charge is -2.18. The van der Waals surface area contributed by atoms with E-state index in [4.69, 9.17) is 4.74 Å². The number of rotatable bonds is 13. The highest BCUT2D eigenvalue weighted by Crippen LogP contribution is 2.11. The number of nitrogens with one attached hydrogen (secondary N) is 1. The molecule has 1 aromatic rings. The summed E-state index contributed by atoms with van der Waals surface area (Å²) in [7, 11) is 2.43. The van der Waals surface area contributed by atoms with Gasteiger partial charge >= 0.3 is 18.0 Å². The van der Waals surface area contributed by atoms with Crippen LogP contribution in [0.2, 0.25) is 0 Å². The topological polar surface area (TPSA) is 108 Å². The molecule has 1 amide bonds. The molecule has 0 heterocycles. The second-order valence-electron chi connectivity index (χ2n) is 7.47. The van der Waals surface area contributed by atoms with Crippen LogP contribution in [0.1, 0.15) is 56.6 Å². The predicted molar refractivity (Wildman–Crippen MR) is 114 cm³/mol. The van der Waals surface area contributed by atoms with Crippen LogP contribution >= 0.6 is 0 Å². The Labute approximate surface area is 183 Å². The van der Waals surface area contributed by atoms with Crippen molar-refractivity contribution in [3.8, 4) is 0 Å². The molecule has 1 rings (SSSR count). The van der Waals surface area contributed by atoms with Crippen molar-refractivity contribution in [3.63, 3.8) is 0 Å². The highest BCUT2D eigenvalue weighted by molar-refractivity contribution is 5.82. The van der Waals surface area contributed by atoms with E-state index in [1.807, 2.05) is 6.92 Å². The molecule has 0 spiro atoms. The zero-order valence-electron chi connectivity index (χ0n) is 18.8. The van der Waals surface area contributed by atoms with E-state index in [0.29, 0.717) is 19.3 Å². The first-order valence-electron chi connectivity index (χ1n) is 10.4. The summed E-state index contributed by atoms with van der Waals surface area (Å²) >= 11 is 0. The minimum absolute atomic E-state index is 0.0301. The maximum absolute atomic E-state index is 12.1. The third-order valence-electron chi connectivity index (χ3n) is 4.82. The summed E-state index contributed by atoms with van der Waals surface area (Å²) in [6.07, 6.45) is 1.47. The Bertz CT molecular complexity index is 730. The standard InChI is InChI=1S/C23H33NO7/c1-16-8-11-18(12-9-16)6-5-7-19(25)13-10-17(2)31-23(28)24-20(22(27)30-4)14-15-21(26)29-3/h8-9,11-12,17,20H,5-7,10,13-15H2,1-4H3,(H,24,28)/t17-,20+/m1/s1. The molecule has 0 saturated heterocycles.